The third kappa shape index (κ3) is 5.19. The number of carbonyl (C=O) groups is 2. The maximum atomic E-state index is 11.9. The van der Waals surface area contributed by atoms with Crippen LogP contribution in [0.25, 0.3) is 0 Å². The second kappa shape index (κ2) is 8.26. The molecular weight excluding hydrogens is 336 g/mol. The molecule has 2 saturated carbocycles. The van der Waals surface area contributed by atoms with Gasteiger partial charge in [-0.1, -0.05) is 12.8 Å². The van der Waals surface area contributed by atoms with Gasteiger partial charge >= 0.3 is 11.9 Å². The summed E-state index contributed by atoms with van der Waals surface area (Å²) in [4.78, 5) is 23.8. The molecule has 0 aromatic carbocycles. The van der Waals surface area contributed by atoms with E-state index in [1.165, 1.54) is 0 Å². The van der Waals surface area contributed by atoms with Gasteiger partial charge in [0.05, 0.1) is 24.4 Å². The van der Waals surface area contributed by atoms with Crippen molar-refractivity contribution in [2.45, 2.75) is 114 Å². The molecule has 146 valence electrons. The average molecular weight is 366 g/mol. The predicted molar refractivity (Wildman–Crippen MR) is 92.5 cm³/mol. The summed E-state index contributed by atoms with van der Waals surface area (Å²) in [6.07, 6.45) is 11.8. The highest BCUT2D eigenvalue weighted by molar-refractivity contribution is 5.70. The normalized spacial score (nSPS) is 37.2. The Balaban J connectivity index is 0.984. The van der Waals surface area contributed by atoms with Crippen LogP contribution in [0.15, 0.2) is 0 Å². The van der Waals surface area contributed by atoms with Gasteiger partial charge in [0.2, 0.25) is 0 Å². The molecule has 2 aliphatic carbocycles. The molecule has 6 atom stereocenters. The third-order valence-electron chi connectivity index (χ3n) is 6.02. The first kappa shape index (κ1) is 18.2. The smallest absolute Gasteiger partial charge is 0.306 e. The summed E-state index contributed by atoms with van der Waals surface area (Å²) < 4.78 is 22.0. The molecule has 2 saturated heterocycles. The second-order valence-electron chi connectivity index (χ2n) is 8.19. The fourth-order valence-electron chi connectivity index (χ4n) is 4.33. The van der Waals surface area contributed by atoms with Crippen LogP contribution in [0.5, 0.6) is 0 Å². The number of epoxide rings is 2. The van der Waals surface area contributed by atoms with Crippen LogP contribution in [-0.2, 0) is 28.5 Å². The number of esters is 2. The van der Waals surface area contributed by atoms with Crippen molar-refractivity contribution in [2.75, 3.05) is 0 Å². The van der Waals surface area contributed by atoms with Gasteiger partial charge in [0.1, 0.15) is 12.2 Å². The van der Waals surface area contributed by atoms with E-state index in [9.17, 15) is 9.59 Å². The molecule has 26 heavy (non-hydrogen) atoms. The first-order valence-electron chi connectivity index (χ1n) is 10.4. The highest BCUT2D eigenvalue weighted by atomic mass is 16.6. The standard InChI is InChI=1S/C20H30O6/c21-19(23-13-7-9-15-17(11-13)25-15)5-3-1-2-4-6-20(22)24-14-8-10-16-18(12-14)26-16/h13-18H,1-12H2. The van der Waals surface area contributed by atoms with Crippen LogP contribution in [0.3, 0.4) is 0 Å². The van der Waals surface area contributed by atoms with Gasteiger partial charge in [-0.3, -0.25) is 9.59 Å². The van der Waals surface area contributed by atoms with Crippen molar-refractivity contribution in [3.63, 3.8) is 0 Å². The first-order valence-corrected chi connectivity index (χ1v) is 10.4. The van der Waals surface area contributed by atoms with Gasteiger partial charge < -0.3 is 18.9 Å². The minimum Gasteiger partial charge on any atom is -0.462 e. The van der Waals surface area contributed by atoms with Crippen LogP contribution in [0.2, 0.25) is 0 Å². The topological polar surface area (TPSA) is 77.7 Å². The molecule has 4 fully saturated rings. The fourth-order valence-corrected chi connectivity index (χ4v) is 4.33. The Labute approximate surface area is 154 Å². The molecule has 0 amide bonds. The van der Waals surface area contributed by atoms with Crippen LogP contribution in [0.4, 0.5) is 0 Å². The van der Waals surface area contributed by atoms with Crippen molar-refractivity contribution < 1.29 is 28.5 Å². The lowest BCUT2D eigenvalue weighted by Gasteiger charge is -2.19. The lowest BCUT2D eigenvalue weighted by Crippen LogP contribution is -2.24. The predicted octanol–water partition coefficient (Wildman–Crippen LogP) is 3.05. The maximum absolute atomic E-state index is 11.9. The Bertz CT molecular complexity index is 474. The number of rotatable bonds is 9. The van der Waals surface area contributed by atoms with E-state index in [4.69, 9.17) is 18.9 Å². The quantitative estimate of drug-likeness (QED) is 0.355. The van der Waals surface area contributed by atoms with Crippen LogP contribution < -0.4 is 0 Å². The number of fused-ring (bicyclic) bond motifs is 2. The van der Waals surface area contributed by atoms with Gasteiger partial charge in [0.25, 0.3) is 0 Å². The summed E-state index contributed by atoms with van der Waals surface area (Å²) in [5.74, 6) is -0.183. The highest BCUT2D eigenvalue weighted by Crippen LogP contribution is 2.38. The van der Waals surface area contributed by atoms with Crippen LogP contribution in [-0.4, -0.2) is 48.6 Å². The molecule has 6 nitrogen and oxygen atoms in total. The molecule has 0 bridgehead atoms. The molecule has 0 spiro atoms. The summed E-state index contributed by atoms with van der Waals surface area (Å²) in [6, 6.07) is 0. The zero-order chi connectivity index (χ0) is 17.9. The summed E-state index contributed by atoms with van der Waals surface area (Å²) in [6.45, 7) is 0. The Morgan fingerprint density at radius 3 is 1.54 bits per heavy atom. The SMILES string of the molecule is O=C(CCCCCCC(=O)OC1CCC2OC2C1)OC1CCC2OC2C1. The third-order valence-corrected chi connectivity index (χ3v) is 6.02. The summed E-state index contributed by atoms with van der Waals surface area (Å²) in [7, 11) is 0. The number of carbonyl (C=O) groups excluding carboxylic acids is 2. The molecule has 0 N–H and O–H groups in total. The number of unbranched alkanes of at least 4 members (excludes halogenated alkanes) is 3. The van der Waals surface area contributed by atoms with Crippen molar-refractivity contribution in [1.29, 1.82) is 0 Å². The Morgan fingerprint density at radius 2 is 1.12 bits per heavy atom. The van der Waals surface area contributed by atoms with E-state index in [2.05, 4.69) is 0 Å². The van der Waals surface area contributed by atoms with E-state index in [0.29, 0.717) is 37.3 Å². The van der Waals surface area contributed by atoms with Crippen molar-refractivity contribution in [3.8, 4) is 0 Å². The van der Waals surface area contributed by atoms with E-state index in [-0.39, 0.29) is 24.1 Å². The summed E-state index contributed by atoms with van der Waals surface area (Å²) in [5, 5.41) is 0. The van der Waals surface area contributed by atoms with Gasteiger partial charge in [0.15, 0.2) is 0 Å². The molecular formula is C20H30O6. The molecule has 0 aromatic rings. The van der Waals surface area contributed by atoms with E-state index < -0.39 is 0 Å². The highest BCUT2D eigenvalue weighted by Gasteiger charge is 2.45. The lowest BCUT2D eigenvalue weighted by atomic mass is 9.98. The maximum Gasteiger partial charge on any atom is 0.306 e. The van der Waals surface area contributed by atoms with Crippen LogP contribution in [0.1, 0.15) is 77.0 Å². The van der Waals surface area contributed by atoms with E-state index in [1.807, 2.05) is 0 Å². The molecule has 0 aromatic heterocycles. The zero-order valence-corrected chi connectivity index (χ0v) is 15.4. The van der Waals surface area contributed by atoms with Crippen LogP contribution in [0, 0.1) is 0 Å². The monoisotopic (exact) mass is 366 g/mol. The molecule has 6 heteroatoms. The van der Waals surface area contributed by atoms with E-state index in [1.54, 1.807) is 0 Å². The van der Waals surface area contributed by atoms with E-state index in [0.717, 1.165) is 64.2 Å². The zero-order valence-electron chi connectivity index (χ0n) is 15.4. The molecule has 2 aliphatic heterocycles. The number of hydrogen-bond donors (Lipinski definition) is 0. The van der Waals surface area contributed by atoms with Crippen molar-refractivity contribution in [3.05, 3.63) is 0 Å². The minimum absolute atomic E-state index is 0.0529. The van der Waals surface area contributed by atoms with Gasteiger partial charge in [-0.05, 0) is 38.5 Å². The Hall–Kier alpha value is -1.14. The largest absolute Gasteiger partial charge is 0.462 e. The first-order chi connectivity index (χ1) is 12.7. The van der Waals surface area contributed by atoms with Crippen molar-refractivity contribution >= 4 is 11.9 Å². The second-order valence-corrected chi connectivity index (χ2v) is 8.19. The number of hydrogen-bond acceptors (Lipinski definition) is 6. The Kier molecular flexibility index (Phi) is 5.79. The van der Waals surface area contributed by atoms with Gasteiger partial charge in [0, 0.05) is 25.7 Å². The lowest BCUT2D eigenvalue weighted by molar-refractivity contribution is -0.151. The Morgan fingerprint density at radius 1 is 0.654 bits per heavy atom. The summed E-state index contributed by atoms with van der Waals surface area (Å²) in [5.41, 5.74) is 0. The van der Waals surface area contributed by atoms with Crippen LogP contribution >= 0.6 is 0 Å². The number of ether oxygens (including phenoxy) is 4. The van der Waals surface area contributed by atoms with Gasteiger partial charge in [-0.2, -0.15) is 0 Å². The molecule has 4 aliphatic rings. The van der Waals surface area contributed by atoms with Gasteiger partial charge in [-0.25, -0.2) is 0 Å². The van der Waals surface area contributed by atoms with Crippen molar-refractivity contribution in [2.24, 2.45) is 0 Å². The van der Waals surface area contributed by atoms with Gasteiger partial charge in [-0.15, -0.1) is 0 Å². The summed E-state index contributed by atoms with van der Waals surface area (Å²) >= 11 is 0. The van der Waals surface area contributed by atoms with E-state index >= 15 is 0 Å². The fraction of sp³-hybridized carbons (Fsp3) is 0.900. The molecule has 4 rings (SSSR count). The van der Waals surface area contributed by atoms with Crippen molar-refractivity contribution in [1.82, 2.24) is 0 Å². The minimum atomic E-state index is -0.0913. The molecule has 0 radical (unpaired) electrons. The molecule has 6 unspecified atom stereocenters. The molecule has 2 heterocycles. The average Bonchev–Trinajstić information content (AvgIpc) is 3.51.